The van der Waals surface area contributed by atoms with E-state index in [1.165, 1.54) is 18.4 Å². The van der Waals surface area contributed by atoms with E-state index >= 15 is 0 Å². The molecule has 0 atom stereocenters. The van der Waals surface area contributed by atoms with Crippen LogP contribution in [-0.2, 0) is 0 Å². The van der Waals surface area contributed by atoms with Gasteiger partial charge in [-0.25, -0.2) is 4.39 Å². The first-order chi connectivity index (χ1) is 8.15. The summed E-state index contributed by atoms with van der Waals surface area (Å²) in [6.07, 6.45) is 0. The molecule has 0 bridgehead atoms. The molecule has 0 aliphatic heterocycles. The molecule has 0 fully saturated rings. The fraction of sp³-hybridized carbons (Fsp3) is 0.0833. The van der Waals surface area contributed by atoms with Crippen LogP contribution in [0.4, 0.5) is 9.39 Å². The molecule has 17 heavy (non-hydrogen) atoms. The Labute approximate surface area is 102 Å². The van der Waals surface area contributed by atoms with Crippen molar-refractivity contribution in [1.29, 1.82) is 5.26 Å². The zero-order valence-electron chi connectivity index (χ0n) is 9.03. The molecule has 1 aromatic carbocycles. The Balaban J connectivity index is 2.67. The summed E-state index contributed by atoms with van der Waals surface area (Å²) in [5, 5.41) is 11.3. The standard InChI is InChI=1S/C12H9FN2OS/c1-16-12-9(8-4-11(15)17-6-8)2-7(5-14)3-10(12)13/h2-4,6H,15H2,1H3. The molecule has 2 aromatic rings. The maximum absolute atomic E-state index is 13.7. The van der Waals surface area contributed by atoms with Gasteiger partial charge in [0, 0.05) is 10.9 Å². The van der Waals surface area contributed by atoms with Crippen LogP contribution in [0.15, 0.2) is 23.6 Å². The Morgan fingerprint density at radius 2 is 2.18 bits per heavy atom. The second-order valence-electron chi connectivity index (χ2n) is 3.39. The van der Waals surface area contributed by atoms with E-state index in [0.29, 0.717) is 10.6 Å². The van der Waals surface area contributed by atoms with Gasteiger partial charge in [-0.15, -0.1) is 11.3 Å². The van der Waals surface area contributed by atoms with Crippen LogP contribution in [0.1, 0.15) is 5.56 Å². The summed E-state index contributed by atoms with van der Waals surface area (Å²) in [4.78, 5) is 0. The van der Waals surface area contributed by atoms with E-state index in [1.54, 1.807) is 17.5 Å². The minimum atomic E-state index is -0.550. The number of hydrogen-bond donors (Lipinski definition) is 1. The van der Waals surface area contributed by atoms with E-state index in [2.05, 4.69) is 0 Å². The van der Waals surface area contributed by atoms with Gasteiger partial charge in [0.2, 0.25) is 0 Å². The highest BCUT2D eigenvalue weighted by atomic mass is 32.1. The number of ether oxygens (including phenoxy) is 1. The van der Waals surface area contributed by atoms with Crippen molar-refractivity contribution in [2.24, 2.45) is 0 Å². The molecule has 0 amide bonds. The number of benzene rings is 1. The lowest BCUT2D eigenvalue weighted by molar-refractivity contribution is 0.388. The van der Waals surface area contributed by atoms with E-state index < -0.39 is 5.82 Å². The highest BCUT2D eigenvalue weighted by Gasteiger charge is 2.14. The van der Waals surface area contributed by atoms with Gasteiger partial charge in [-0.3, -0.25) is 0 Å². The van der Waals surface area contributed by atoms with Crippen LogP contribution in [0.5, 0.6) is 5.75 Å². The molecule has 0 saturated heterocycles. The van der Waals surface area contributed by atoms with Gasteiger partial charge in [-0.2, -0.15) is 5.26 Å². The first kappa shape index (κ1) is 11.4. The molecular formula is C12H9FN2OS. The molecule has 1 aromatic heterocycles. The third-order valence-corrected chi connectivity index (χ3v) is 3.07. The van der Waals surface area contributed by atoms with Crippen LogP contribution < -0.4 is 10.5 Å². The zero-order valence-corrected chi connectivity index (χ0v) is 9.84. The van der Waals surface area contributed by atoms with Crippen LogP contribution in [0, 0.1) is 17.1 Å². The lowest BCUT2D eigenvalue weighted by Gasteiger charge is -2.08. The summed E-state index contributed by atoms with van der Waals surface area (Å²) >= 11 is 1.35. The number of anilines is 1. The predicted molar refractivity (Wildman–Crippen MR) is 65.4 cm³/mol. The number of thiophene rings is 1. The molecule has 0 aliphatic rings. The normalized spacial score (nSPS) is 9.94. The third-order valence-electron chi connectivity index (χ3n) is 2.31. The van der Waals surface area contributed by atoms with Crippen molar-refractivity contribution in [3.05, 3.63) is 35.0 Å². The minimum Gasteiger partial charge on any atom is -0.493 e. The summed E-state index contributed by atoms with van der Waals surface area (Å²) < 4.78 is 18.7. The lowest BCUT2D eigenvalue weighted by atomic mass is 10.0. The monoisotopic (exact) mass is 248 g/mol. The van der Waals surface area contributed by atoms with E-state index in [-0.39, 0.29) is 11.3 Å². The van der Waals surface area contributed by atoms with Gasteiger partial charge in [0.1, 0.15) is 0 Å². The zero-order chi connectivity index (χ0) is 12.4. The predicted octanol–water partition coefficient (Wildman–Crippen LogP) is 3.02. The molecular weight excluding hydrogens is 239 g/mol. The smallest absolute Gasteiger partial charge is 0.167 e. The molecule has 0 radical (unpaired) electrons. The van der Waals surface area contributed by atoms with Crippen molar-refractivity contribution < 1.29 is 9.13 Å². The number of hydrogen-bond acceptors (Lipinski definition) is 4. The number of nitriles is 1. The second-order valence-corrected chi connectivity index (χ2v) is 4.33. The van der Waals surface area contributed by atoms with E-state index in [1.807, 2.05) is 6.07 Å². The molecule has 5 heteroatoms. The Morgan fingerprint density at radius 3 is 2.71 bits per heavy atom. The van der Waals surface area contributed by atoms with Gasteiger partial charge in [-0.05, 0) is 23.8 Å². The van der Waals surface area contributed by atoms with Gasteiger partial charge >= 0.3 is 0 Å². The van der Waals surface area contributed by atoms with Crippen LogP contribution in [0.2, 0.25) is 0 Å². The second kappa shape index (κ2) is 4.44. The van der Waals surface area contributed by atoms with Gasteiger partial charge in [0.25, 0.3) is 0 Å². The summed E-state index contributed by atoms with van der Waals surface area (Å²) in [6.45, 7) is 0. The molecule has 3 nitrogen and oxygen atoms in total. The topological polar surface area (TPSA) is 59.0 Å². The summed E-state index contributed by atoms with van der Waals surface area (Å²) in [5.74, 6) is -0.423. The van der Waals surface area contributed by atoms with Crippen molar-refractivity contribution in [1.82, 2.24) is 0 Å². The third kappa shape index (κ3) is 2.08. The average molecular weight is 248 g/mol. The van der Waals surface area contributed by atoms with Crippen molar-refractivity contribution in [2.45, 2.75) is 0 Å². The minimum absolute atomic E-state index is 0.127. The van der Waals surface area contributed by atoms with E-state index in [4.69, 9.17) is 15.7 Å². The fourth-order valence-electron chi connectivity index (χ4n) is 1.57. The molecule has 0 aliphatic carbocycles. The number of methoxy groups -OCH3 is 1. The molecule has 0 unspecified atom stereocenters. The molecule has 0 spiro atoms. The Bertz CT molecular complexity index is 601. The Morgan fingerprint density at radius 1 is 1.41 bits per heavy atom. The van der Waals surface area contributed by atoms with Gasteiger partial charge in [-0.1, -0.05) is 0 Å². The molecule has 86 valence electrons. The van der Waals surface area contributed by atoms with Gasteiger partial charge in [0.15, 0.2) is 11.6 Å². The van der Waals surface area contributed by atoms with Crippen LogP contribution >= 0.6 is 11.3 Å². The number of nitrogen functional groups attached to an aromatic ring is 1. The summed E-state index contributed by atoms with van der Waals surface area (Å²) in [5.41, 5.74) is 7.18. The Hall–Kier alpha value is -2.06. The number of halogens is 1. The lowest BCUT2D eigenvalue weighted by Crippen LogP contribution is -1.93. The molecule has 1 heterocycles. The average Bonchev–Trinajstić information content (AvgIpc) is 2.74. The summed E-state index contributed by atoms with van der Waals surface area (Å²) in [7, 11) is 1.39. The van der Waals surface area contributed by atoms with Crippen LogP contribution in [0.25, 0.3) is 11.1 Å². The van der Waals surface area contributed by atoms with E-state index in [0.717, 1.165) is 11.6 Å². The van der Waals surface area contributed by atoms with Crippen LogP contribution in [0.3, 0.4) is 0 Å². The number of nitrogens with zero attached hydrogens (tertiary/aromatic N) is 1. The van der Waals surface area contributed by atoms with E-state index in [9.17, 15) is 4.39 Å². The fourth-order valence-corrected chi connectivity index (χ4v) is 2.23. The molecule has 2 rings (SSSR count). The van der Waals surface area contributed by atoms with Gasteiger partial charge in [0.05, 0.1) is 23.7 Å². The van der Waals surface area contributed by atoms with Crippen LogP contribution in [-0.4, -0.2) is 7.11 Å². The first-order valence-electron chi connectivity index (χ1n) is 4.77. The SMILES string of the molecule is COc1c(F)cc(C#N)cc1-c1csc(N)c1. The maximum Gasteiger partial charge on any atom is 0.167 e. The molecule has 0 saturated carbocycles. The van der Waals surface area contributed by atoms with Crippen molar-refractivity contribution in [2.75, 3.05) is 12.8 Å². The van der Waals surface area contributed by atoms with Crippen molar-refractivity contribution in [3.8, 4) is 22.9 Å². The first-order valence-corrected chi connectivity index (χ1v) is 5.65. The van der Waals surface area contributed by atoms with Crippen molar-refractivity contribution >= 4 is 16.3 Å². The summed E-state index contributed by atoms with van der Waals surface area (Å²) in [6, 6.07) is 6.38. The van der Waals surface area contributed by atoms with Gasteiger partial charge < -0.3 is 10.5 Å². The number of nitrogens with two attached hydrogens (primary N) is 1. The Kier molecular flexibility index (Phi) is 2.98. The quantitative estimate of drug-likeness (QED) is 0.888. The number of rotatable bonds is 2. The molecule has 2 N–H and O–H groups in total. The highest BCUT2D eigenvalue weighted by Crippen LogP contribution is 2.36. The maximum atomic E-state index is 13.7. The largest absolute Gasteiger partial charge is 0.493 e. The highest BCUT2D eigenvalue weighted by molar-refractivity contribution is 7.14. The van der Waals surface area contributed by atoms with Crippen molar-refractivity contribution in [3.63, 3.8) is 0 Å².